The highest BCUT2D eigenvalue weighted by atomic mass is 16.2. The van der Waals surface area contributed by atoms with E-state index in [1.165, 1.54) is 5.56 Å². The summed E-state index contributed by atoms with van der Waals surface area (Å²) in [5.74, 6) is 0.232. The Morgan fingerprint density at radius 2 is 1.52 bits per heavy atom. The molecule has 1 unspecified atom stereocenters. The largest absolute Gasteiger partial charge is 0.338 e. The summed E-state index contributed by atoms with van der Waals surface area (Å²) in [7, 11) is 5.99. The molecule has 0 bridgehead atoms. The number of hydrogen-bond donors (Lipinski definition) is 0. The summed E-state index contributed by atoms with van der Waals surface area (Å²) in [4.78, 5) is 34.5. The lowest BCUT2D eigenvalue weighted by Crippen LogP contribution is -2.55. The highest BCUT2D eigenvalue weighted by Crippen LogP contribution is 2.26. The van der Waals surface area contributed by atoms with Crippen molar-refractivity contribution in [2.24, 2.45) is 0 Å². The van der Waals surface area contributed by atoms with Crippen LogP contribution in [0, 0.1) is 0 Å². The molecule has 2 heterocycles. The molecule has 1 fully saturated rings. The van der Waals surface area contributed by atoms with Crippen LogP contribution in [0.15, 0.2) is 48.5 Å². The number of nitrogens with zero attached hydrogens (tertiary/aromatic N) is 4. The zero-order chi connectivity index (χ0) is 24.0. The van der Waals surface area contributed by atoms with Gasteiger partial charge in [-0.25, -0.2) is 0 Å². The molecule has 2 aliphatic rings. The van der Waals surface area contributed by atoms with Gasteiger partial charge in [0.25, 0.3) is 5.91 Å². The molecule has 0 aromatic heterocycles. The van der Waals surface area contributed by atoms with E-state index in [1.54, 1.807) is 0 Å². The van der Waals surface area contributed by atoms with E-state index in [-0.39, 0.29) is 17.9 Å². The number of rotatable bonds is 5. The van der Waals surface area contributed by atoms with Crippen LogP contribution in [0.3, 0.4) is 0 Å². The van der Waals surface area contributed by atoms with Gasteiger partial charge in [0.15, 0.2) is 0 Å². The van der Waals surface area contributed by atoms with Gasteiger partial charge in [0.2, 0.25) is 5.91 Å². The van der Waals surface area contributed by atoms with Crippen LogP contribution in [0.1, 0.15) is 40.9 Å². The second-order valence-electron chi connectivity index (χ2n) is 8.90. The molecule has 2 aliphatic heterocycles. The van der Waals surface area contributed by atoms with Gasteiger partial charge in [-0.15, -0.1) is 0 Å². The van der Waals surface area contributed by atoms with Crippen molar-refractivity contribution in [3.63, 3.8) is 0 Å². The van der Waals surface area contributed by atoms with Gasteiger partial charge in [-0.2, -0.15) is 0 Å². The summed E-state index contributed by atoms with van der Waals surface area (Å²) in [5, 5.41) is 0. The van der Waals surface area contributed by atoms with Crippen LogP contribution in [0.25, 0.3) is 0 Å². The van der Waals surface area contributed by atoms with Crippen LogP contribution in [0.4, 0.5) is 0 Å². The average molecular weight is 451 g/mol. The van der Waals surface area contributed by atoms with Gasteiger partial charge < -0.3 is 9.80 Å². The number of benzene rings is 2. The average Bonchev–Trinajstić information content (AvgIpc) is 3.24. The summed E-state index contributed by atoms with van der Waals surface area (Å²) in [5.41, 5.74) is 4.38. The van der Waals surface area contributed by atoms with Crippen molar-refractivity contribution in [2.45, 2.75) is 39.4 Å². The second-order valence-corrected chi connectivity index (χ2v) is 8.90. The minimum Gasteiger partial charge on any atom is -0.338 e. The van der Waals surface area contributed by atoms with Gasteiger partial charge in [-0.3, -0.25) is 19.4 Å². The number of carbonyl (C=O) groups excluding carboxylic acids is 2. The molecule has 6 nitrogen and oxygen atoms in total. The number of likely N-dealkylation sites (N-methyl/N-ethyl adjacent to an activating group) is 1. The molecule has 178 valence electrons. The molecule has 0 spiro atoms. The third kappa shape index (κ3) is 5.81. The van der Waals surface area contributed by atoms with Crippen molar-refractivity contribution in [3.05, 3.63) is 70.8 Å². The minimum atomic E-state index is -0.197. The first kappa shape index (κ1) is 24.9. The van der Waals surface area contributed by atoms with E-state index in [0.29, 0.717) is 32.6 Å². The molecule has 1 atom stereocenters. The maximum atomic E-state index is 13.3. The van der Waals surface area contributed by atoms with Gasteiger partial charge in [0, 0.05) is 44.8 Å². The van der Waals surface area contributed by atoms with Gasteiger partial charge in [-0.1, -0.05) is 56.3 Å². The molecule has 6 heteroatoms. The molecule has 33 heavy (non-hydrogen) atoms. The Morgan fingerprint density at radius 1 is 0.879 bits per heavy atom. The summed E-state index contributed by atoms with van der Waals surface area (Å²) in [6.45, 7) is 8.04. The Hall–Kier alpha value is -2.70. The van der Waals surface area contributed by atoms with Crippen molar-refractivity contribution in [1.82, 2.24) is 19.6 Å². The Balaban J connectivity index is 0.00000149. The maximum Gasteiger partial charge on any atom is 0.254 e. The highest BCUT2D eigenvalue weighted by Gasteiger charge is 2.31. The Bertz CT molecular complexity index is 936. The number of carbonyl (C=O) groups is 2. The van der Waals surface area contributed by atoms with E-state index in [4.69, 9.17) is 0 Å². The number of piperazine rings is 1. The van der Waals surface area contributed by atoms with E-state index >= 15 is 0 Å². The van der Waals surface area contributed by atoms with Crippen molar-refractivity contribution >= 4 is 11.8 Å². The van der Waals surface area contributed by atoms with Crippen LogP contribution in [-0.4, -0.2) is 84.8 Å². The zero-order valence-electron chi connectivity index (χ0n) is 20.8. The fraction of sp³-hybridized carbons (Fsp3) is 0.481. The molecular weight excluding hydrogens is 412 g/mol. The van der Waals surface area contributed by atoms with E-state index in [0.717, 1.165) is 29.8 Å². The lowest BCUT2D eigenvalue weighted by atomic mass is 10.0. The summed E-state index contributed by atoms with van der Waals surface area (Å²) < 4.78 is 0. The normalized spacial score (nSPS) is 16.8. The molecule has 0 radical (unpaired) electrons. The first-order chi connectivity index (χ1) is 15.9. The SMILES string of the molecule is CC.CN1Cc2cccc(C(=O)N3CCN(C(=O)C(Cc4ccccc4)N(C)C)CC3)c2C1. The molecule has 0 N–H and O–H groups in total. The number of amides is 2. The van der Waals surface area contributed by atoms with E-state index < -0.39 is 0 Å². The summed E-state index contributed by atoms with van der Waals surface area (Å²) >= 11 is 0. The maximum absolute atomic E-state index is 13.3. The first-order valence-corrected chi connectivity index (χ1v) is 12.0. The van der Waals surface area contributed by atoms with Crippen LogP contribution in [-0.2, 0) is 24.3 Å². The Morgan fingerprint density at radius 3 is 2.15 bits per heavy atom. The van der Waals surface area contributed by atoms with Gasteiger partial charge in [0.1, 0.15) is 0 Å². The van der Waals surface area contributed by atoms with Crippen LogP contribution in [0.2, 0.25) is 0 Å². The van der Waals surface area contributed by atoms with Gasteiger partial charge in [-0.05, 0) is 50.3 Å². The molecule has 4 rings (SSSR count). The fourth-order valence-corrected chi connectivity index (χ4v) is 4.63. The number of hydrogen-bond acceptors (Lipinski definition) is 4. The van der Waals surface area contributed by atoms with Crippen LogP contribution >= 0.6 is 0 Å². The standard InChI is InChI=1S/C25H32N4O2.C2H6/c1-26(2)23(16-19-8-5-4-6-9-19)25(31)29-14-12-28(13-15-29)24(30)21-11-7-10-20-17-27(3)18-22(20)21;1-2/h4-11,23H,12-18H2,1-3H3;1-2H3. The quantitative estimate of drug-likeness (QED) is 0.702. The third-order valence-corrected chi connectivity index (χ3v) is 6.43. The number of fused-ring (bicyclic) bond motifs is 1. The first-order valence-electron chi connectivity index (χ1n) is 12.0. The smallest absolute Gasteiger partial charge is 0.254 e. The molecular formula is C27H38N4O2. The van der Waals surface area contributed by atoms with E-state index in [2.05, 4.69) is 30.1 Å². The molecule has 1 saturated heterocycles. The molecule has 0 aliphatic carbocycles. The third-order valence-electron chi connectivity index (χ3n) is 6.43. The molecule has 2 aromatic rings. The topological polar surface area (TPSA) is 47.1 Å². The fourth-order valence-electron chi connectivity index (χ4n) is 4.63. The lowest BCUT2D eigenvalue weighted by Gasteiger charge is -2.38. The molecule has 2 amide bonds. The van der Waals surface area contributed by atoms with Crippen molar-refractivity contribution in [1.29, 1.82) is 0 Å². The Labute approximate surface area is 198 Å². The van der Waals surface area contributed by atoms with Crippen molar-refractivity contribution in [2.75, 3.05) is 47.3 Å². The monoisotopic (exact) mass is 450 g/mol. The van der Waals surface area contributed by atoms with Crippen LogP contribution in [0.5, 0.6) is 0 Å². The Kier molecular flexibility index (Phi) is 8.64. The second kappa shape index (κ2) is 11.4. The zero-order valence-corrected chi connectivity index (χ0v) is 20.8. The van der Waals surface area contributed by atoms with Crippen molar-refractivity contribution < 1.29 is 9.59 Å². The predicted molar refractivity (Wildman–Crippen MR) is 133 cm³/mol. The minimum absolute atomic E-state index is 0.0905. The summed E-state index contributed by atoms with van der Waals surface area (Å²) in [6.07, 6.45) is 0.690. The molecule has 2 aromatic carbocycles. The highest BCUT2D eigenvalue weighted by molar-refractivity contribution is 5.96. The van der Waals surface area contributed by atoms with E-state index in [9.17, 15) is 9.59 Å². The predicted octanol–water partition coefficient (Wildman–Crippen LogP) is 3.12. The molecule has 0 saturated carbocycles. The van der Waals surface area contributed by atoms with Crippen LogP contribution < -0.4 is 0 Å². The lowest BCUT2D eigenvalue weighted by molar-refractivity contribution is -0.137. The van der Waals surface area contributed by atoms with Gasteiger partial charge >= 0.3 is 0 Å². The van der Waals surface area contributed by atoms with Gasteiger partial charge in [0.05, 0.1) is 6.04 Å². The van der Waals surface area contributed by atoms with Crippen molar-refractivity contribution in [3.8, 4) is 0 Å². The van der Waals surface area contributed by atoms with E-state index in [1.807, 2.05) is 73.0 Å². The summed E-state index contributed by atoms with van der Waals surface area (Å²) in [6, 6.07) is 16.0.